The smallest absolute Gasteiger partial charge is 0.303 e. The van der Waals surface area contributed by atoms with Gasteiger partial charge in [-0.1, -0.05) is 31.8 Å². The van der Waals surface area contributed by atoms with Gasteiger partial charge in [0.1, 0.15) is 0 Å². The summed E-state index contributed by atoms with van der Waals surface area (Å²) in [4.78, 5) is 10.2. The van der Waals surface area contributed by atoms with Gasteiger partial charge in [-0.2, -0.15) is 0 Å². The maximum Gasteiger partial charge on any atom is 0.303 e. The molecule has 15 heavy (non-hydrogen) atoms. The Morgan fingerprint density at radius 2 is 1.47 bits per heavy atom. The van der Waals surface area contributed by atoms with Crippen LogP contribution in [0.5, 0.6) is 0 Å². The summed E-state index contributed by atoms with van der Waals surface area (Å²) in [6.07, 6.45) is 10.1. The van der Waals surface area contributed by atoms with Crippen molar-refractivity contribution in [3.05, 3.63) is 12.7 Å². The van der Waals surface area contributed by atoms with Crippen LogP contribution >= 0.6 is 0 Å². The van der Waals surface area contributed by atoms with E-state index < -0.39 is 5.97 Å². The fourth-order valence-electron chi connectivity index (χ4n) is 1.27. The molecular weight excluding hydrogens is 210 g/mol. The maximum atomic E-state index is 10.2. The van der Waals surface area contributed by atoms with E-state index in [0.29, 0.717) is 6.42 Å². The van der Waals surface area contributed by atoms with E-state index in [-0.39, 0.29) is 59.1 Å². The summed E-state index contributed by atoms with van der Waals surface area (Å²) >= 11 is 0. The molecule has 0 aromatic heterocycles. The Morgan fingerprint density at radius 1 is 1.00 bits per heavy atom. The second-order valence-electron chi connectivity index (χ2n) is 3.34. The molecule has 0 aromatic rings. The van der Waals surface area contributed by atoms with Gasteiger partial charge < -0.3 is 5.11 Å². The van der Waals surface area contributed by atoms with Crippen LogP contribution in [0.15, 0.2) is 12.7 Å². The molecule has 0 aliphatic heterocycles. The van der Waals surface area contributed by atoms with E-state index in [0.717, 1.165) is 19.3 Å². The molecule has 0 aliphatic rings. The summed E-state index contributed by atoms with van der Waals surface area (Å²) in [5.74, 6) is -0.674. The summed E-state index contributed by atoms with van der Waals surface area (Å²) in [5.41, 5.74) is 0. The van der Waals surface area contributed by atoms with Crippen LogP contribution in [0, 0.1) is 0 Å². The van der Waals surface area contributed by atoms with Crippen LogP contribution in [-0.2, 0) is 4.79 Å². The number of carbonyl (C=O) groups is 1. The van der Waals surface area contributed by atoms with Crippen molar-refractivity contribution in [1.82, 2.24) is 0 Å². The van der Waals surface area contributed by atoms with Crippen LogP contribution in [0.3, 0.4) is 0 Å². The van der Waals surface area contributed by atoms with Crippen LogP contribution in [0.4, 0.5) is 0 Å². The molecule has 0 saturated carbocycles. The van der Waals surface area contributed by atoms with Crippen molar-refractivity contribution in [2.24, 2.45) is 0 Å². The Kier molecular flexibility index (Phi) is 25.2. The minimum Gasteiger partial charge on any atom is -0.481 e. The van der Waals surface area contributed by atoms with Gasteiger partial charge in [0.15, 0.2) is 0 Å². The standard InChI is InChI=1S/C11H20O2.2Na/c1-2-3-4-5-6-7-8-9-10-11(12)13;;/h2H,1,3-10H2,(H,12,13);;. The van der Waals surface area contributed by atoms with E-state index in [1.54, 1.807) is 0 Å². The first-order valence-corrected chi connectivity index (χ1v) is 5.10. The van der Waals surface area contributed by atoms with Gasteiger partial charge in [0.2, 0.25) is 0 Å². The Balaban J connectivity index is -0.000000720. The number of unbranched alkanes of at least 4 members (excludes halogenated alkanes) is 6. The topological polar surface area (TPSA) is 37.3 Å². The van der Waals surface area contributed by atoms with Crippen molar-refractivity contribution >= 4 is 65.1 Å². The zero-order chi connectivity index (χ0) is 9.94. The van der Waals surface area contributed by atoms with Gasteiger partial charge >= 0.3 is 5.97 Å². The molecule has 0 atom stereocenters. The van der Waals surface area contributed by atoms with E-state index in [1.165, 1.54) is 25.7 Å². The quantitative estimate of drug-likeness (QED) is 0.375. The molecule has 2 radical (unpaired) electrons. The van der Waals surface area contributed by atoms with Crippen LogP contribution in [0.1, 0.15) is 51.4 Å². The molecule has 0 heterocycles. The summed E-state index contributed by atoms with van der Waals surface area (Å²) in [7, 11) is 0. The van der Waals surface area contributed by atoms with Crippen molar-refractivity contribution in [2.75, 3.05) is 0 Å². The first kappa shape index (κ1) is 21.5. The summed E-state index contributed by atoms with van der Waals surface area (Å²) in [6.45, 7) is 3.66. The molecule has 0 bridgehead atoms. The predicted molar refractivity (Wildman–Crippen MR) is 66.3 cm³/mol. The molecule has 0 unspecified atom stereocenters. The zero-order valence-electron chi connectivity index (χ0n) is 10.3. The molecule has 0 spiro atoms. The predicted octanol–water partition coefficient (Wildman–Crippen LogP) is 2.62. The molecule has 1 N–H and O–H groups in total. The van der Waals surface area contributed by atoms with Crippen LogP contribution < -0.4 is 0 Å². The van der Waals surface area contributed by atoms with Gasteiger partial charge in [0, 0.05) is 65.5 Å². The fraction of sp³-hybridized carbons (Fsp3) is 0.727. The molecular formula is C11H20Na2O2. The van der Waals surface area contributed by atoms with Gasteiger partial charge in [-0.05, 0) is 19.3 Å². The van der Waals surface area contributed by atoms with E-state index in [9.17, 15) is 4.79 Å². The summed E-state index contributed by atoms with van der Waals surface area (Å²) in [5, 5.41) is 8.38. The average Bonchev–Trinajstić information content (AvgIpc) is 2.09. The third-order valence-electron chi connectivity index (χ3n) is 2.05. The number of carboxylic acids is 1. The second kappa shape index (κ2) is 17.6. The second-order valence-corrected chi connectivity index (χ2v) is 3.34. The Bertz CT molecular complexity index is 150. The van der Waals surface area contributed by atoms with E-state index in [1.807, 2.05) is 6.08 Å². The third-order valence-corrected chi connectivity index (χ3v) is 2.05. The molecule has 78 valence electrons. The number of carboxylic acid groups (broad SMARTS) is 1. The molecule has 0 aliphatic carbocycles. The van der Waals surface area contributed by atoms with Gasteiger partial charge in [-0.3, -0.25) is 4.79 Å². The first-order chi connectivity index (χ1) is 6.27. The monoisotopic (exact) mass is 230 g/mol. The summed E-state index contributed by atoms with van der Waals surface area (Å²) < 4.78 is 0. The number of allylic oxidation sites excluding steroid dienone is 1. The van der Waals surface area contributed by atoms with E-state index in [4.69, 9.17) is 5.11 Å². The van der Waals surface area contributed by atoms with Crippen molar-refractivity contribution in [1.29, 1.82) is 0 Å². The van der Waals surface area contributed by atoms with Gasteiger partial charge in [-0.15, -0.1) is 6.58 Å². The molecule has 0 amide bonds. The largest absolute Gasteiger partial charge is 0.481 e. The van der Waals surface area contributed by atoms with Crippen LogP contribution in [0.2, 0.25) is 0 Å². The summed E-state index contributed by atoms with van der Waals surface area (Å²) in [6, 6.07) is 0. The van der Waals surface area contributed by atoms with Crippen molar-refractivity contribution < 1.29 is 9.90 Å². The Hall–Kier alpha value is 1.21. The van der Waals surface area contributed by atoms with Crippen LogP contribution in [-0.4, -0.2) is 70.2 Å². The maximum absolute atomic E-state index is 10.2. The van der Waals surface area contributed by atoms with Crippen molar-refractivity contribution in [3.8, 4) is 0 Å². The van der Waals surface area contributed by atoms with Crippen molar-refractivity contribution in [2.45, 2.75) is 51.4 Å². The SMILES string of the molecule is C=CCCCCCCCCC(=O)O.[Na].[Na]. The minimum atomic E-state index is -0.674. The number of rotatable bonds is 9. The number of hydrogen-bond donors (Lipinski definition) is 1. The molecule has 0 fully saturated rings. The Labute approximate surface area is 137 Å². The zero-order valence-corrected chi connectivity index (χ0v) is 14.3. The molecule has 2 nitrogen and oxygen atoms in total. The molecule has 4 heteroatoms. The van der Waals surface area contributed by atoms with Crippen LogP contribution in [0.25, 0.3) is 0 Å². The molecule has 0 rings (SSSR count). The number of hydrogen-bond acceptors (Lipinski definition) is 1. The third kappa shape index (κ3) is 21.1. The minimum absolute atomic E-state index is 0. The van der Waals surface area contributed by atoms with Crippen molar-refractivity contribution in [3.63, 3.8) is 0 Å². The molecule has 0 aromatic carbocycles. The van der Waals surface area contributed by atoms with Gasteiger partial charge in [0.05, 0.1) is 0 Å². The average molecular weight is 230 g/mol. The van der Waals surface area contributed by atoms with Gasteiger partial charge in [0.25, 0.3) is 0 Å². The van der Waals surface area contributed by atoms with E-state index in [2.05, 4.69) is 6.58 Å². The first-order valence-electron chi connectivity index (χ1n) is 5.10. The molecule has 0 saturated heterocycles. The van der Waals surface area contributed by atoms with Gasteiger partial charge in [-0.25, -0.2) is 0 Å². The van der Waals surface area contributed by atoms with E-state index >= 15 is 0 Å². The number of aliphatic carboxylic acids is 1. The normalized spacial score (nSPS) is 8.53. The fourth-order valence-corrected chi connectivity index (χ4v) is 1.27. The Morgan fingerprint density at radius 3 is 1.93 bits per heavy atom.